The zero-order valence-electron chi connectivity index (χ0n) is 11.6. The smallest absolute Gasteiger partial charge is 0.249 e. The predicted octanol–water partition coefficient (Wildman–Crippen LogP) is 1.78. The standard InChI is InChI=1S/C15H21NO3/c1-15(2,3)13(18)14(19)16-10-9-12(17)11-7-5-4-6-8-11/h4-8,13,18H,9-10H2,1-3H3,(H,16,19). The quantitative estimate of drug-likeness (QED) is 0.796. The molecular formula is C15H21NO3. The van der Waals surface area contributed by atoms with Crippen molar-refractivity contribution in [2.45, 2.75) is 33.3 Å². The fraction of sp³-hybridized carbons (Fsp3) is 0.467. The number of rotatable bonds is 5. The van der Waals surface area contributed by atoms with Gasteiger partial charge < -0.3 is 10.4 Å². The molecule has 0 aliphatic heterocycles. The number of carbonyl (C=O) groups excluding carboxylic acids is 2. The molecule has 0 radical (unpaired) electrons. The summed E-state index contributed by atoms with van der Waals surface area (Å²) in [5.74, 6) is -0.459. The average molecular weight is 263 g/mol. The van der Waals surface area contributed by atoms with Crippen molar-refractivity contribution in [1.82, 2.24) is 5.32 Å². The van der Waals surface area contributed by atoms with Crippen molar-refractivity contribution in [2.75, 3.05) is 6.54 Å². The summed E-state index contributed by atoms with van der Waals surface area (Å²) < 4.78 is 0. The highest BCUT2D eigenvalue weighted by Crippen LogP contribution is 2.18. The lowest BCUT2D eigenvalue weighted by Crippen LogP contribution is -2.43. The maximum atomic E-state index is 11.8. The number of amides is 1. The third-order valence-electron chi connectivity index (χ3n) is 2.82. The average Bonchev–Trinajstić information content (AvgIpc) is 2.37. The van der Waals surface area contributed by atoms with Gasteiger partial charge in [0.1, 0.15) is 6.10 Å². The molecule has 1 amide bonds. The Morgan fingerprint density at radius 2 is 1.79 bits per heavy atom. The summed E-state index contributed by atoms with van der Waals surface area (Å²) in [6, 6.07) is 8.94. The molecule has 0 saturated heterocycles. The molecular weight excluding hydrogens is 242 g/mol. The van der Waals surface area contributed by atoms with E-state index in [1.54, 1.807) is 45.0 Å². The molecule has 1 atom stereocenters. The van der Waals surface area contributed by atoms with Crippen LogP contribution in [0.5, 0.6) is 0 Å². The lowest BCUT2D eigenvalue weighted by atomic mass is 9.88. The zero-order valence-corrected chi connectivity index (χ0v) is 11.6. The molecule has 104 valence electrons. The van der Waals surface area contributed by atoms with Crippen LogP contribution < -0.4 is 5.32 Å². The first-order valence-corrected chi connectivity index (χ1v) is 6.36. The molecule has 19 heavy (non-hydrogen) atoms. The topological polar surface area (TPSA) is 66.4 Å². The molecule has 0 spiro atoms. The van der Waals surface area contributed by atoms with Crippen LogP contribution in [-0.4, -0.2) is 29.4 Å². The molecule has 0 aliphatic carbocycles. The summed E-state index contributed by atoms with van der Waals surface area (Å²) >= 11 is 0. The highest BCUT2D eigenvalue weighted by Gasteiger charge is 2.28. The number of aliphatic hydroxyl groups excluding tert-OH is 1. The second-order valence-electron chi connectivity index (χ2n) is 5.60. The van der Waals surface area contributed by atoms with Crippen LogP contribution in [0.2, 0.25) is 0 Å². The molecule has 1 unspecified atom stereocenters. The van der Waals surface area contributed by atoms with E-state index in [0.29, 0.717) is 5.56 Å². The molecule has 0 fully saturated rings. The van der Waals surface area contributed by atoms with Crippen LogP contribution in [0, 0.1) is 5.41 Å². The second-order valence-corrected chi connectivity index (χ2v) is 5.60. The fourth-order valence-electron chi connectivity index (χ4n) is 1.56. The van der Waals surface area contributed by atoms with Gasteiger partial charge in [-0.2, -0.15) is 0 Å². The van der Waals surface area contributed by atoms with Crippen LogP contribution in [0.3, 0.4) is 0 Å². The Morgan fingerprint density at radius 3 is 2.32 bits per heavy atom. The SMILES string of the molecule is CC(C)(C)C(O)C(=O)NCCC(=O)c1ccccc1. The van der Waals surface area contributed by atoms with Gasteiger partial charge in [0, 0.05) is 18.5 Å². The lowest BCUT2D eigenvalue weighted by molar-refractivity contribution is -0.134. The van der Waals surface area contributed by atoms with E-state index in [-0.39, 0.29) is 18.7 Å². The van der Waals surface area contributed by atoms with Crippen LogP contribution in [0.4, 0.5) is 0 Å². The fourth-order valence-corrected chi connectivity index (χ4v) is 1.56. The van der Waals surface area contributed by atoms with E-state index < -0.39 is 17.4 Å². The maximum Gasteiger partial charge on any atom is 0.249 e. The number of hydrogen-bond donors (Lipinski definition) is 2. The van der Waals surface area contributed by atoms with Crippen LogP contribution in [0.15, 0.2) is 30.3 Å². The van der Waals surface area contributed by atoms with Gasteiger partial charge in [0.15, 0.2) is 5.78 Å². The maximum absolute atomic E-state index is 11.8. The van der Waals surface area contributed by atoms with Crippen molar-refractivity contribution >= 4 is 11.7 Å². The van der Waals surface area contributed by atoms with E-state index >= 15 is 0 Å². The largest absolute Gasteiger partial charge is 0.383 e. The highest BCUT2D eigenvalue weighted by molar-refractivity contribution is 5.96. The Kier molecular flexibility index (Phi) is 5.24. The van der Waals surface area contributed by atoms with Gasteiger partial charge in [-0.15, -0.1) is 0 Å². The number of carbonyl (C=O) groups is 2. The minimum absolute atomic E-state index is 0.0221. The van der Waals surface area contributed by atoms with Crippen LogP contribution in [0.1, 0.15) is 37.6 Å². The molecule has 1 rings (SSSR count). The van der Waals surface area contributed by atoms with Gasteiger partial charge in [0.25, 0.3) is 0 Å². The van der Waals surface area contributed by atoms with Crippen molar-refractivity contribution < 1.29 is 14.7 Å². The Balaban J connectivity index is 2.39. The van der Waals surface area contributed by atoms with Gasteiger partial charge in [-0.3, -0.25) is 9.59 Å². The van der Waals surface area contributed by atoms with Gasteiger partial charge >= 0.3 is 0 Å². The van der Waals surface area contributed by atoms with Gasteiger partial charge in [-0.05, 0) is 5.41 Å². The molecule has 0 aromatic heterocycles. The summed E-state index contributed by atoms with van der Waals surface area (Å²) in [6.07, 6.45) is -0.841. The molecule has 4 nitrogen and oxygen atoms in total. The van der Waals surface area contributed by atoms with Crippen LogP contribution in [-0.2, 0) is 4.79 Å². The molecule has 0 saturated carbocycles. The zero-order chi connectivity index (χ0) is 14.5. The summed E-state index contributed by atoms with van der Waals surface area (Å²) in [4.78, 5) is 23.4. The van der Waals surface area contributed by atoms with Crippen molar-refractivity contribution in [3.05, 3.63) is 35.9 Å². The molecule has 0 heterocycles. The van der Waals surface area contributed by atoms with Crippen molar-refractivity contribution in [1.29, 1.82) is 0 Å². The van der Waals surface area contributed by atoms with E-state index in [1.165, 1.54) is 0 Å². The first kappa shape index (κ1) is 15.4. The molecule has 0 aliphatic rings. The number of nitrogens with one attached hydrogen (secondary N) is 1. The Labute approximate surface area is 113 Å². The molecule has 1 aromatic rings. The number of benzene rings is 1. The predicted molar refractivity (Wildman–Crippen MR) is 73.9 cm³/mol. The van der Waals surface area contributed by atoms with Crippen molar-refractivity contribution in [3.8, 4) is 0 Å². The first-order chi connectivity index (χ1) is 8.82. The van der Waals surface area contributed by atoms with Crippen molar-refractivity contribution in [3.63, 3.8) is 0 Å². The van der Waals surface area contributed by atoms with E-state index in [1.807, 2.05) is 6.07 Å². The van der Waals surface area contributed by atoms with E-state index in [0.717, 1.165) is 0 Å². The Hall–Kier alpha value is -1.68. The highest BCUT2D eigenvalue weighted by atomic mass is 16.3. The Morgan fingerprint density at radius 1 is 1.21 bits per heavy atom. The van der Waals surface area contributed by atoms with Gasteiger partial charge in [0.05, 0.1) is 0 Å². The molecule has 4 heteroatoms. The van der Waals surface area contributed by atoms with Gasteiger partial charge in [0.2, 0.25) is 5.91 Å². The molecule has 0 bridgehead atoms. The lowest BCUT2D eigenvalue weighted by Gasteiger charge is -2.24. The van der Waals surface area contributed by atoms with E-state index in [4.69, 9.17) is 0 Å². The summed E-state index contributed by atoms with van der Waals surface area (Å²) in [5.41, 5.74) is 0.126. The Bertz CT molecular complexity index is 434. The molecule has 1 aromatic carbocycles. The number of aliphatic hydroxyl groups is 1. The summed E-state index contributed by atoms with van der Waals surface area (Å²) in [6.45, 7) is 5.59. The second kappa shape index (κ2) is 6.48. The van der Waals surface area contributed by atoms with E-state index in [2.05, 4.69) is 5.32 Å². The third kappa shape index (κ3) is 4.83. The van der Waals surface area contributed by atoms with Crippen molar-refractivity contribution in [2.24, 2.45) is 5.41 Å². The minimum atomic E-state index is -1.07. The monoisotopic (exact) mass is 263 g/mol. The van der Waals surface area contributed by atoms with Crippen LogP contribution >= 0.6 is 0 Å². The first-order valence-electron chi connectivity index (χ1n) is 6.36. The van der Waals surface area contributed by atoms with Gasteiger partial charge in [-0.25, -0.2) is 0 Å². The van der Waals surface area contributed by atoms with Gasteiger partial charge in [-0.1, -0.05) is 51.1 Å². The summed E-state index contributed by atoms with van der Waals surface area (Å²) in [5, 5.41) is 12.3. The number of hydrogen-bond acceptors (Lipinski definition) is 3. The number of ketones is 1. The molecule has 2 N–H and O–H groups in total. The van der Waals surface area contributed by atoms with Crippen LogP contribution in [0.25, 0.3) is 0 Å². The normalized spacial score (nSPS) is 12.8. The van der Waals surface area contributed by atoms with E-state index in [9.17, 15) is 14.7 Å². The minimum Gasteiger partial charge on any atom is -0.383 e. The summed E-state index contributed by atoms with van der Waals surface area (Å²) in [7, 11) is 0. The third-order valence-corrected chi connectivity index (χ3v) is 2.82. The number of Topliss-reactive ketones (excluding diaryl/α,β-unsaturated/α-hetero) is 1.